The van der Waals surface area contributed by atoms with Gasteiger partial charge in [-0.3, -0.25) is 9.05 Å². The summed E-state index contributed by atoms with van der Waals surface area (Å²) >= 11 is 0. The Hall–Kier alpha value is -0.310. The molecule has 0 fully saturated rings. The molecule has 0 saturated heterocycles. The molecule has 0 aromatic carbocycles. The third-order valence-corrected chi connectivity index (χ3v) is 2.23. The zero-order valence-electron chi connectivity index (χ0n) is 6.78. The summed E-state index contributed by atoms with van der Waals surface area (Å²) in [4.78, 5) is 0. The predicted octanol–water partition coefficient (Wildman–Crippen LogP) is 2.33. The minimum atomic E-state index is -3.33. The Bertz CT molecular complexity index is 157. The van der Waals surface area contributed by atoms with Crippen LogP contribution in [0.15, 0.2) is 12.8 Å². The van der Waals surface area contributed by atoms with Gasteiger partial charge in [-0.25, -0.2) is 4.57 Å². The van der Waals surface area contributed by atoms with Crippen LogP contribution in [0, 0.1) is 0 Å². The number of phosphoric ester groups is 1. The highest BCUT2D eigenvalue weighted by Crippen LogP contribution is 2.48. The van der Waals surface area contributed by atoms with Crippen molar-refractivity contribution in [3.8, 4) is 0 Å². The van der Waals surface area contributed by atoms with Crippen molar-refractivity contribution >= 4 is 7.82 Å². The Morgan fingerprint density at radius 1 is 1.64 bits per heavy atom. The molecule has 0 amide bonds. The monoisotopic (exact) mass is 180 g/mol. The molecule has 5 heteroatoms. The van der Waals surface area contributed by atoms with Crippen LogP contribution >= 0.6 is 7.82 Å². The van der Waals surface area contributed by atoms with Gasteiger partial charge in [0.2, 0.25) is 0 Å². The molecule has 4 nitrogen and oxygen atoms in total. The molecule has 0 aromatic rings. The standard InChI is InChI=1S/C6H13O4P/c1-4-6-10-11(7,8-3)9-5-2/h5H,2,4,6H2,1,3H3. The van der Waals surface area contributed by atoms with E-state index in [4.69, 9.17) is 4.52 Å². The van der Waals surface area contributed by atoms with Crippen molar-refractivity contribution in [3.63, 3.8) is 0 Å². The largest absolute Gasteiger partial charge is 0.529 e. The molecule has 0 rings (SSSR count). The van der Waals surface area contributed by atoms with Gasteiger partial charge >= 0.3 is 7.82 Å². The predicted molar refractivity (Wildman–Crippen MR) is 42.1 cm³/mol. The first-order chi connectivity index (χ1) is 5.18. The first kappa shape index (κ1) is 10.7. The summed E-state index contributed by atoms with van der Waals surface area (Å²) in [6.45, 7) is 5.49. The van der Waals surface area contributed by atoms with Gasteiger partial charge in [0.25, 0.3) is 0 Å². The molecule has 66 valence electrons. The van der Waals surface area contributed by atoms with Crippen LogP contribution < -0.4 is 0 Å². The topological polar surface area (TPSA) is 44.8 Å². The molecular weight excluding hydrogens is 167 g/mol. The van der Waals surface area contributed by atoms with Crippen molar-refractivity contribution in [3.05, 3.63) is 12.8 Å². The second-order valence-electron chi connectivity index (χ2n) is 1.74. The summed E-state index contributed by atoms with van der Waals surface area (Å²) < 4.78 is 25.1. The molecule has 0 aromatic heterocycles. The lowest BCUT2D eigenvalue weighted by atomic mass is 10.5. The van der Waals surface area contributed by atoms with E-state index in [1.54, 1.807) is 0 Å². The third-order valence-electron chi connectivity index (χ3n) is 0.881. The molecule has 11 heavy (non-hydrogen) atoms. The van der Waals surface area contributed by atoms with Crippen LogP contribution in [0.25, 0.3) is 0 Å². The quantitative estimate of drug-likeness (QED) is 0.464. The van der Waals surface area contributed by atoms with Crippen LogP contribution in [0.4, 0.5) is 0 Å². The van der Waals surface area contributed by atoms with Crippen molar-refractivity contribution < 1.29 is 18.1 Å². The van der Waals surface area contributed by atoms with E-state index in [0.29, 0.717) is 6.61 Å². The minimum absolute atomic E-state index is 0.346. The Balaban J connectivity index is 3.88. The zero-order valence-corrected chi connectivity index (χ0v) is 7.67. The van der Waals surface area contributed by atoms with Crippen molar-refractivity contribution in [2.75, 3.05) is 13.7 Å². The van der Waals surface area contributed by atoms with E-state index in [2.05, 4.69) is 15.6 Å². The Morgan fingerprint density at radius 2 is 2.27 bits per heavy atom. The number of hydrogen-bond acceptors (Lipinski definition) is 4. The number of rotatable bonds is 6. The maximum atomic E-state index is 11.2. The van der Waals surface area contributed by atoms with E-state index in [9.17, 15) is 4.57 Å². The van der Waals surface area contributed by atoms with Crippen LogP contribution in [-0.2, 0) is 18.1 Å². The van der Waals surface area contributed by atoms with Gasteiger partial charge in [0.1, 0.15) is 0 Å². The molecule has 0 aliphatic rings. The summed E-state index contributed by atoms with van der Waals surface area (Å²) in [6, 6.07) is 0. The molecule has 0 aliphatic heterocycles. The highest BCUT2D eigenvalue weighted by atomic mass is 31.2. The Morgan fingerprint density at radius 3 is 2.64 bits per heavy atom. The highest BCUT2D eigenvalue weighted by Gasteiger charge is 2.23. The van der Waals surface area contributed by atoms with Crippen LogP contribution in [0.2, 0.25) is 0 Å². The molecular formula is C6H13O4P. The maximum Gasteiger partial charge on any atom is 0.529 e. The van der Waals surface area contributed by atoms with Crippen molar-refractivity contribution in [1.82, 2.24) is 0 Å². The van der Waals surface area contributed by atoms with E-state index in [1.807, 2.05) is 6.92 Å². The van der Waals surface area contributed by atoms with E-state index < -0.39 is 7.82 Å². The molecule has 0 saturated carbocycles. The molecule has 0 radical (unpaired) electrons. The highest BCUT2D eigenvalue weighted by molar-refractivity contribution is 7.48. The van der Waals surface area contributed by atoms with Gasteiger partial charge < -0.3 is 4.52 Å². The average Bonchev–Trinajstić information content (AvgIpc) is 2.02. The summed E-state index contributed by atoms with van der Waals surface area (Å²) in [7, 11) is -2.07. The average molecular weight is 180 g/mol. The summed E-state index contributed by atoms with van der Waals surface area (Å²) in [6.07, 6.45) is 1.80. The minimum Gasteiger partial charge on any atom is -0.413 e. The summed E-state index contributed by atoms with van der Waals surface area (Å²) in [5.74, 6) is 0. The van der Waals surface area contributed by atoms with E-state index in [1.165, 1.54) is 7.11 Å². The third kappa shape index (κ3) is 4.19. The van der Waals surface area contributed by atoms with Crippen LogP contribution in [-0.4, -0.2) is 13.7 Å². The van der Waals surface area contributed by atoms with Crippen LogP contribution in [0.3, 0.4) is 0 Å². The lowest BCUT2D eigenvalue weighted by Crippen LogP contribution is -1.94. The SMILES string of the molecule is C=COP(=O)(OC)OCCC. The van der Waals surface area contributed by atoms with Gasteiger partial charge in [-0.1, -0.05) is 13.5 Å². The fourth-order valence-corrected chi connectivity index (χ4v) is 1.26. The lowest BCUT2D eigenvalue weighted by molar-refractivity contribution is 0.165. The van der Waals surface area contributed by atoms with E-state index >= 15 is 0 Å². The summed E-state index contributed by atoms with van der Waals surface area (Å²) in [5, 5.41) is 0. The van der Waals surface area contributed by atoms with Crippen molar-refractivity contribution in [1.29, 1.82) is 0 Å². The second-order valence-corrected chi connectivity index (χ2v) is 3.46. The van der Waals surface area contributed by atoms with Gasteiger partial charge in [0.15, 0.2) is 0 Å². The van der Waals surface area contributed by atoms with Crippen molar-refractivity contribution in [2.45, 2.75) is 13.3 Å². The molecule has 1 unspecified atom stereocenters. The molecule has 0 aliphatic carbocycles. The first-order valence-electron chi connectivity index (χ1n) is 3.28. The molecule has 0 bridgehead atoms. The molecule has 1 atom stereocenters. The first-order valence-corrected chi connectivity index (χ1v) is 4.74. The molecule has 0 heterocycles. The normalized spacial score (nSPS) is 15.5. The lowest BCUT2D eigenvalue weighted by Gasteiger charge is -2.12. The van der Waals surface area contributed by atoms with Gasteiger partial charge in [-0.05, 0) is 6.42 Å². The van der Waals surface area contributed by atoms with Crippen LogP contribution in [0.1, 0.15) is 13.3 Å². The van der Waals surface area contributed by atoms with Gasteiger partial charge in [0, 0.05) is 7.11 Å². The van der Waals surface area contributed by atoms with Gasteiger partial charge in [-0.15, -0.1) is 0 Å². The fraction of sp³-hybridized carbons (Fsp3) is 0.667. The van der Waals surface area contributed by atoms with Crippen LogP contribution in [0.5, 0.6) is 0 Å². The number of hydrogen-bond donors (Lipinski definition) is 0. The number of phosphoric acid groups is 1. The van der Waals surface area contributed by atoms with Crippen molar-refractivity contribution in [2.24, 2.45) is 0 Å². The Labute approximate surface area is 66.8 Å². The van der Waals surface area contributed by atoms with Gasteiger partial charge in [0.05, 0.1) is 12.9 Å². The van der Waals surface area contributed by atoms with Gasteiger partial charge in [-0.2, -0.15) is 0 Å². The molecule has 0 N–H and O–H groups in total. The van der Waals surface area contributed by atoms with E-state index in [0.717, 1.165) is 12.7 Å². The zero-order chi connectivity index (χ0) is 8.74. The maximum absolute atomic E-state index is 11.2. The van der Waals surface area contributed by atoms with E-state index in [-0.39, 0.29) is 0 Å². The molecule has 0 spiro atoms. The smallest absolute Gasteiger partial charge is 0.413 e. The second kappa shape index (κ2) is 5.35. The summed E-state index contributed by atoms with van der Waals surface area (Å²) in [5.41, 5.74) is 0. The Kier molecular flexibility index (Phi) is 5.20. The fourth-order valence-electron chi connectivity index (χ4n) is 0.421.